The molecule has 8 heteroatoms. The van der Waals surface area contributed by atoms with E-state index in [9.17, 15) is 24.8 Å². The summed E-state index contributed by atoms with van der Waals surface area (Å²) in [5, 5.41) is 20.9. The van der Waals surface area contributed by atoms with Gasteiger partial charge in [-0.05, 0) is 38.7 Å². The maximum Gasteiger partial charge on any atom is 0.290 e. The SMILES string of the molecule is CC(=O)C1=C(O)C(=O)N(CCN(C)C)[C@H]1c1ccc([N+](=O)[O-])cc1. The molecule has 0 bridgehead atoms. The molecule has 1 heterocycles. The van der Waals surface area contributed by atoms with Crippen molar-refractivity contribution in [3.05, 3.63) is 51.3 Å². The van der Waals surface area contributed by atoms with Gasteiger partial charge in [0.15, 0.2) is 11.5 Å². The van der Waals surface area contributed by atoms with Crippen LogP contribution in [-0.2, 0) is 9.59 Å². The zero-order valence-electron chi connectivity index (χ0n) is 13.7. The molecule has 128 valence electrons. The molecule has 0 spiro atoms. The van der Waals surface area contributed by atoms with Crippen molar-refractivity contribution in [3.8, 4) is 0 Å². The Labute approximate surface area is 139 Å². The molecule has 1 atom stereocenters. The molecule has 24 heavy (non-hydrogen) atoms. The maximum absolute atomic E-state index is 12.3. The first-order valence-electron chi connectivity index (χ1n) is 7.38. The van der Waals surface area contributed by atoms with Crippen molar-refractivity contribution in [2.45, 2.75) is 13.0 Å². The van der Waals surface area contributed by atoms with Gasteiger partial charge >= 0.3 is 0 Å². The predicted octanol–water partition coefficient (Wildman–Crippen LogP) is 1.44. The van der Waals surface area contributed by atoms with Gasteiger partial charge in [0.25, 0.3) is 11.6 Å². The van der Waals surface area contributed by atoms with Crippen LogP contribution in [0, 0.1) is 10.1 Å². The Bertz CT molecular complexity index is 709. The lowest BCUT2D eigenvalue weighted by Crippen LogP contribution is -2.36. The third kappa shape index (κ3) is 3.28. The predicted molar refractivity (Wildman–Crippen MR) is 86.4 cm³/mol. The van der Waals surface area contributed by atoms with Gasteiger partial charge in [-0.1, -0.05) is 0 Å². The first kappa shape index (κ1) is 17.6. The van der Waals surface area contributed by atoms with Crippen LogP contribution < -0.4 is 0 Å². The van der Waals surface area contributed by atoms with Crippen LogP contribution in [0.15, 0.2) is 35.6 Å². The average Bonchev–Trinajstić information content (AvgIpc) is 2.77. The van der Waals surface area contributed by atoms with Crippen LogP contribution in [0.2, 0.25) is 0 Å². The average molecular weight is 333 g/mol. The van der Waals surface area contributed by atoms with Crippen molar-refractivity contribution < 1.29 is 19.6 Å². The number of non-ortho nitro benzene ring substituents is 1. The van der Waals surface area contributed by atoms with Gasteiger partial charge in [-0.2, -0.15) is 0 Å². The van der Waals surface area contributed by atoms with E-state index in [1.165, 1.54) is 36.1 Å². The van der Waals surface area contributed by atoms with Gasteiger partial charge in [-0.15, -0.1) is 0 Å². The van der Waals surface area contributed by atoms with Crippen LogP contribution in [0.25, 0.3) is 0 Å². The summed E-state index contributed by atoms with van der Waals surface area (Å²) in [6, 6.07) is 4.89. The van der Waals surface area contributed by atoms with Crippen molar-refractivity contribution in [3.63, 3.8) is 0 Å². The fourth-order valence-electron chi connectivity index (χ4n) is 2.68. The molecule has 2 rings (SSSR count). The Kier molecular flexibility index (Phi) is 4.99. The summed E-state index contributed by atoms with van der Waals surface area (Å²) in [6.07, 6.45) is 0. The lowest BCUT2D eigenvalue weighted by molar-refractivity contribution is -0.384. The molecule has 0 saturated carbocycles. The van der Waals surface area contributed by atoms with Gasteiger partial charge in [0, 0.05) is 25.2 Å². The number of benzene rings is 1. The van der Waals surface area contributed by atoms with E-state index in [1.807, 2.05) is 19.0 Å². The summed E-state index contributed by atoms with van der Waals surface area (Å²) in [5.41, 5.74) is 0.482. The standard InChI is InChI=1S/C16H19N3O5/c1-10(20)13-14(11-4-6-12(7-5-11)19(23)24)18(9-8-17(2)3)16(22)15(13)21/h4-7,14,21H,8-9H2,1-3H3/t14-/m0/s1. The molecule has 0 aromatic heterocycles. The van der Waals surface area contributed by atoms with E-state index < -0.39 is 28.4 Å². The first-order valence-corrected chi connectivity index (χ1v) is 7.38. The monoisotopic (exact) mass is 333 g/mol. The molecule has 0 aliphatic carbocycles. The van der Waals surface area contributed by atoms with Gasteiger partial charge in [-0.3, -0.25) is 19.7 Å². The molecule has 0 fully saturated rings. The molecule has 1 aliphatic rings. The van der Waals surface area contributed by atoms with E-state index in [2.05, 4.69) is 0 Å². The number of hydrogen-bond acceptors (Lipinski definition) is 6. The van der Waals surface area contributed by atoms with Crippen LogP contribution in [0.4, 0.5) is 5.69 Å². The summed E-state index contributed by atoms with van der Waals surface area (Å²) in [7, 11) is 3.70. The van der Waals surface area contributed by atoms with E-state index in [-0.39, 0.29) is 11.3 Å². The highest BCUT2D eigenvalue weighted by Crippen LogP contribution is 2.37. The van der Waals surface area contributed by atoms with E-state index in [0.29, 0.717) is 18.7 Å². The minimum atomic E-state index is -0.740. The Morgan fingerprint density at radius 1 is 1.33 bits per heavy atom. The Morgan fingerprint density at radius 2 is 1.92 bits per heavy atom. The minimum Gasteiger partial charge on any atom is -0.503 e. The molecule has 8 nitrogen and oxygen atoms in total. The molecule has 0 radical (unpaired) electrons. The number of Topliss-reactive ketones (excluding diaryl/α,β-unsaturated/α-hetero) is 1. The lowest BCUT2D eigenvalue weighted by atomic mass is 9.96. The second-order valence-corrected chi connectivity index (χ2v) is 5.87. The highest BCUT2D eigenvalue weighted by Gasteiger charge is 2.42. The van der Waals surface area contributed by atoms with Crippen molar-refractivity contribution in [2.24, 2.45) is 0 Å². The number of nitro benzene ring substituents is 1. The summed E-state index contributed by atoms with van der Waals surface area (Å²) >= 11 is 0. The number of rotatable bonds is 6. The van der Waals surface area contributed by atoms with E-state index >= 15 is 0 Å². The quantitative estimate of drug-likeness (QED) is 0.624. The Hall–Kier alpha value is -2.74. The number of nitrogens with zero attached hydrogens (tertiary/aromatic N) is 3. The molecule has 0 saturated heterocycles. The Morgan fingerprint density at radius 3 is 2.38 bits per heavy atom. The molecule has 1 aromatic rings. The number of aliphatic hydroxyl groups excluding tert-OH is 1. The summed E-state index contributed by atoms with van der Waals surface area (Å²) in [5.74, 6) is -1.56. The van der Waals surface area contributed by atoms with Crippen LogP contribution in [0.3, 0.4) is 0 Å². The number of amides is 1. The largest absolute Gasteiger partial charge is 0.503 e. The van der Waals surface area contributed by atoms with Crippen LogP contribution in [-0.4, -0.2) is 58.7 Å². The topological polar surface area (TPSA) is 104 Å². The molecule has 1 N–H and O–H groups in total. The van der Waals surface area contributed by atoms with Crippen molar-refractivity contribution in [1.82, 2.24) is 9.80 Å². The fraction of sp³-hybridized carbons (Fsp3) is 0.375. The van der Waals surface area contributed by atoms with Gasteiger partial charge in [0.1, 0.15) is 0 Å². The first-order chi connectivity index (χ1) is 11.2. The molecular weight excluding hydrogens is 314 g/mol. The van der Waals surface area contributed by atoms with Crippen molar-refractivity contribution in [1.29, 1.82) is 0 Å². The number of carbonyl (C=O) groups excluding carboxylic acids is 2. The van der Waals surface area contributed by atoms with Crippen molar-refractivity contribution in [2.75, 3.05) is 27.2 Å². The van der Waals surface area contributed by atoms with E-state index in [0.717, 1.165) is 0 Å². The smallest absolute Gasteiger partial charge is 0.290 e. The molecule has 0 unspecified atom stereocenters. The van der Waals surface area contributed by atoms with Gasteiger partial charge in [0.05, 0.1) is 16.5 Å². The van der Waals surface area contributed by atoms with Crippen LogP contribution in [0.5, 0.6) is 0 Å². The van der Waals surface area contributed by atoms with Gasteiger partial charge < -0.3 is 14.9 Å². The van der Waals surface area contributed by atoms with Crippen molar-refractivity contribution >= 4 is 17.4 Å². The zero-order valence-corrected chi connectivity index (χ0v) is 13.7. The normalized spacial score (nSPS) is 17.8. The highest BCUT2D eigenvalue weighted by molar-refractivity contribution is 6.08. The summed E-state index contributed by atoms with van der Waals surface area (Å²) < 4.78 is 0. The maximum atomic E-state index is 12.3. The number of carbonyl (C=O) groups is 2. The summed E-state index contributed by atoms with van der Waals surface area (Å²) in [6.45, 7) is 2.15. The Balaban J connectivity index is 2.44. The molecule has 1 amide bonds. The van der Waals surface area contributed by atoms with Gasteiger partial charge in [0.2, 0.25) is 0 Å². The molecule has 1 aliphatic heterocycles. The number of nitro groups is 1. The lowest BCUT2D eigenvalue weighted by Gasteiger charge is -2.27. The third-order valence-electron chi connectivity index (χ3n) is 3.89. The van der Waals surface area contributed by atoms with E-state index in [1.54, 1.807) is 0 Å². The highest BCUT2D eigenvalue weighted by atomic mass is 16.6. The van der Waals surface area contributed by atoms with Gasteiger partial charge in [-0.25, -0.2) is 0 Å². The molecular formula is C16H19N3O5. The minimum absolute atomic E-state index is 0.0209. The second kappa shape index (κ2) is 6.79. The zero-order chi connectivity index (χ0) is 18.0. The number of hydrogen-bond donors (Lipinski definition) is 1. The summed E-state index contributed by atoms with van der Waals surface area (Å²) in [4.78, 5) is 37.8. The van der Waals surface area contributed by atoms with E-state index in [4.69, 9.17) is 0 Å². The van der Waals surface area contributed by atoms with Crippen LogP contribution >= 0.6 is 0 Å². The second-order valence-electron chi connectivity index (χ2n) is 5.87. The number of ketones is 1. The number of likely N-dealkylation sites (N-methyl/N-ethyl adjacent to an activating group) is 1. The fourth-order valence-corrected chi connectivity index (χ4v) is 2.68. The molecule has 1 aromatic carbocycles. The van der Waals surface area contributed by atoms with Crippen LogP contribution in [0.1, 0.15) is 18.5 Å². The third-order valence-corrected chi connectivity index (χ3v) is 3.89. The number of aliphatic hydroxyl groups is 1.